The first-order chi connectivity index (χ1) is 9.84. The Morgan fingerprint density at radius 3 is 2.62 bits per heavy atom. The smallest absolute Gasteiger partial charge is 0.412 e. The van der Waals surface area contributed by atoms with Crippen LogP contribution in [0.5, 0.6) is 5.75 Å². The second-order valence-electron chi connectivity index (χ2n) is 4.66. The van der Waals surface area contributed by atoms with Crippen molar-refractivity contribution < 1.29 is 22.7 Å². The number of anilines is 1. The summed E-state index contributed by atoms with van der Waals surface area (Å²) in [5.74, 6) is -0.148. The van der Waals surface area contributed by atoms with E-state index >= 15 is 0 Å². The van der Waals surface area contributed by atoms with Gasteiger partial charge in [-0.2, -0.15) is 13.2 Å². The van der Waals surface area contributed by atoms with Crippen LogP contribution in [0.1, 0.15) is 16.8 Å². The number of rotatable bonds is 2. The van der Waals surface area contributed by atoms with Gasteiger partial charge < -0.3 is 15.4 Å². The Bertz CT molecular complexity index is 582. The molecule has 1 aliphatic rings. The summed E-state index contributed by atoms with van der Waals surface area (Å²) in [6, 6.07) is 4.74. The van der Waals surface area contributed by atoms with E-state index in [1.165, 1.54) is 12.0 Å². The molecule has 0 radical (unpaired) electrons. The zero-order chi connectivity index (χ0) is 15.6. The number of benzene rings is 1. The molecule has 1 aromatic rings. The number of alkyl halides is 3. The van der Waals surface area contributed by atoms with E-state index < -0.39 is 17.7 Å². The van der Waals surface area contributed by atoms with Gasteiger partial charge in [0, 0.05) is 18.7 Å². The molecule has 0 unspecified atom stereocenters. The van der Waals surface area contributed by atoms with Crippen molar-refractivity contribution in [1.29, 1.82) is 0 Å². The lowest BCUT2D eigenvalue weighted by Crippen LogP contribution is -2.37. The summed E-state index contributed by atoms with van der Waals surface area (Å²) in [6.07, 6.45) is -3.50. The van der Waals surface area contributed by atoms with Crippen molar-refractivity contribution in [3.05, 3.63) is 35.4 Å². The molecule has 0 bridgehead atoms. The van der Waals surface area contributed by atoms with Crippen LogP contribution in [0.25, 0.3) is 0 Å². The van der Waals surface area contributed by atoms with Crippen LogP contribution >= 0.6 is 0 Å². The topological polar surface area (TPSA) is 55.6 Å². The third-order valence-corrected chi connectivity index (χ3v) is 3.34. The lowest BCUT2D eigenvalue weighted by atomic mass is 10.1. The molecule has 0 saturated carbocycles. The number of amides is 1. The van der Waals surface area contributed by atoms with Gasteiger partial charge in [-0.05, 0) is 18.6 Å². The van der Waals surface area contributed by atoms with Crippen molar-refractivity contribution in [2.45, 2.75) is 12.6 Å². The number of para-hydroxylation sites is 1. The van der Waals surface area contributed by atoms with Gasteiger partial charge in [-0.15, -0.1) is 0 Å². The fraction of sp³-hybridized carbons (Fsp3) is 0.357. The predicted octanol–water partition coefficient (Wildman–Crippen LogP) is 2.61. The van der Waals surface area contributed by atoms with Gasteiger partial charge in [0.1, 0.15) is 0 Å². The number of hydrogen-bond acceptors (Lipinski definition) is 3. The second kappa shape index (κ2) is 5.67. The minimum absolute atomic E-state index is 0.0160. The predicted molar refractivity (Wildman–Crippen MR) is 72.1 cm³/mol. The minimum Gasteiger partial charge on any atom is -0.494 e. The van der Waals surface area contributed by atoms with E-state index in [-0.39, 0.29) is 30.8 Å². The molecule has 0 spiro atoms. The minimum atomic E-state index is -4.33. The summed E-state index contributed by atoms with van der Waals surface area (Å²) in [7, 11) is 1.39. The number of methoxy groups -OCH3 is 1. The highest BCUT2D eigenvalue weighted by Gasteiger charge is 2.35. The van der Waals surface area contributed by atoms with Gasteiger partial charge in [0.25, 0.3) is 5.91 Å². The molecule has 1 aliphatic heterocycles. The molecule has 4 nitrogen and oxygen atoms in total. The van der Waals surface area contributed by atoms with Crippen LogP contribution in [0.2, 0.25) is 0 Å². The SMILES string of the molecule is COc1c(N)cccc1C(=O)N1CC=C(C(F)(F)F)CC1. The molecule has 0 atom stereocenters. The van der Waals surface area contributed by atoms with Crippen molar-refractivity contribution in [1.82, 2.24) is 4.90 Å². The number of nitrogens with zero attached hydrogens (tertiary/aromatic N) is 1. The maximum Gasteiger partial charge on any atom is 0.412 e. The van der Waals surface area contributed by atoms with Crippen molar-refractivity contribution in [3.63, 3.8) is 0 Å². The number of carbonyl (C=O) groups is 1. The number of hydrogen-bond donors (Lipinski definition) is 1. The fourth-order valence-electron chi connectivity index (χ4n) is 2.23. The summed E-state index contributed by atoms with van der Waals surface area (Å²) in [5, 5.41) is 0. The Kier molecular flexibility index (Phi) is 4.11. The molecule has 0 aromatic heterocycles. The Hall–Kier alpha value is -2.18. The standard InChI is InChI=1S/C14H15F3N2O2/c1-21-12-10(3-2-4-11(12)18)13(20)19-7-5-9(6-8-19)14(15,16)17/h2-5H,6-8,18H2,1H3. The maximum atomic E-state index is 12.6. The van der Waals surface area contributed by atoms with Crippen LogP contribution in [-0.2, 0) is 0 Å². The number of carbonyl (C=O) groups excluding carboxylic acids is 1. The molecule has 0 aliphatic carbocycles. The third kappa shape index (κ3) is 3.12. The van der Waals surface area contributed by atoms with Crippen LogP contribution in [0.15, 0.2) is 29.8 Å². The molecule has 1 amide bonds. The van der Waals surface area contributed by atoms with Gasteiger partial charge in [0.2, 0.25) is 0 Å². The van der Waals surface area contributed by atoms with E-state index in [0.29, 0.717) is 5.69 Å². The van der Waals surface area contributed by atoms with E-state index in [4.69, 9.17) is 10.5 Å². The molecule has 2 N–H and O–H groups in total. The maximum absolute atomic E-state index is 12.6. The van der Waals surface area contributed by atoms with Gasteiger partial charge in [-0.1, -0.05) is 12.1 Å². The Morgan fingerprint density at radius 1 is 1.38 bits per heavy atom. The molecule has 1 aromatic carbocycles. The summed E-state index contributed by atoms with van der Waals surface area (Å²) in [5.41, 5.74) is 5.69. The van der Waals surface area contributed by atoms with Crippen LogP contribution in [0.4, 0.5) is 18.9 Å². The molecule has 0 saturated heterocycles. The van der Waals surface area contributed by atoms with E-state index in [1.807, 2.05) is 0 Å². The van der Waals surface area contributed by atoms with E-state index in [2.05, 4.69) is 0 Å². The highest BCUT2D eigenvalue weighted by atomic mass is 19.4. The summed E-state index contributed by atoms with van der Waals surface area (Å²) in [4.78, 5) is 13.7. The molecule has 7 heteroatoms. The van der Waals surface area contributed by atoms with Gasteiger partial charge in [0.15, 0.2) is 5.75 Å². The van der Waals surface area contributed by atoms with Crippen LogP contribution in [-0.4, -0.2) is 37.2 Å². The van der Waals surface area contributed by atoms with Gasteiger partial charge >= 0.3 is 6.18 Å². The third-order valence-electron chi connectivity index (χ3n) is 3.34. The van der Waals surface area contributed by atoms with E-state index in [9.17, 15) is 18.0 Å². The summed E-state index contributed by atoms with van der Waals surface area (Å²) < 4.78 is 42.8. The average molecular weight is 300 g/mol. The molecular formula is C14H15F3N2O2. The lowest BCUT2D eigenvalue weighted by molar-refractivity contribution is -0.0957. The van der Waals surface area contributed by atoms with Crippen molar-refractivity contribution in [2.24, 2.45) is 0 Å². The monoisotopic (exact) mass is 300 g/mol. The van der Waals surface area contributed by atoms with Crippen molar-refractivity contribution in [3.8, 4) is 5.75 Å². The quantitative estimate of drug-likeness (QED) is 0.675. The van der Waals surface area contributed by atoms with Crippen molar-refractivity contribution in [2.75, 3.05) is 25.9 Å². The zero-order valence-electron chi connectivity index (χ0n) is 11.4. The number of halogens is 3. The fourth-order valence-corrected chi connectivity index (χ4v) is 2.23. The molecule has 0 fully saturated rings. The van der Waals surface area contributed by atoms with Gasteiger partial charge in [0.05, 0.1) is 18.4 Å². The molecular weight excluding hydrogens is 285 g/mol. The Morgan fingerprint density at radius 2 is 2.10 bits per heavy atom. The zero-order valence-corrected chi connectivity index (χ0v) is 11.4. The summed E-state index contributed by atoms with van der Waals surface area (Å²) in [6.45, 7) is -0.0617. The van der Waals surface area contributed by atoms with Gasteiger partial charge in [-0.25, -0.2) is 0 Å². The molecule has 114 valence electrons. The molecule has 21 heavy (non-hydrogen) atoms. The summed E-state index contributed by atoms with van der Waals surface area (Å²) >= 11 is 0. The van der Waals surface area contributed by atoms with E-state index in [1.54, 1.807) is 18.2 Å². The van der Waals surface area contributed by atoms with Crippen LogP contribution in [0, 0.1) is 0 Å². The molecule has 2 rings (SSSR count). The first-order valence-electron chi connectivity index (χ1n) is 6.32. The molecule has 1 heterocycles. The lowest BCUT2D eigenvalue weighted by Gasteiger charge is -2.28. The average Bonchev–Trinajstić information content (AvgIpc) is 2.45. The second-order valence-corrected chi connectivity index (χ2v) is 4.66. The van der Waals surface area contributed by atoms with Crippen LogP contribution < -0.4 is 10.5 Å². The van der Waals surface area contributed by atoms with Crippen LogP contribution in [0.3, 0.4) is 0 Å². The number of ether oxygens (including phenoxy) is 1. The highest BCUT2D eigenvalue weighted by molar-refractivity contribution is 5.98. The van der Waals surface area contributed by atoms with E-state index in [0.717, 1.165) is 6.08 Å². The Balaban J connectivity index is 2.20. The Labute approximate surface area is 120 Å². The number of nitrogens with two attached hydrogens (primary N) is 1. The largest absolute Gasteiger partial charge is 0.494 e. The first-order valence-corrected chi connectivity index (χ1v) is 6.32. The highest BCUT2D eigenvalue weighted by Crippen LogP contribution is 2.32. The normalized spacial score (nSPS) is 15.6. The van der Waals surface area contributed by atoms with Crippen molar-refractivity contribution >= 4 is 11.6 Å². The number of nitrogen functional groups attached to an aromatic ring is 1. The van der Waals surface area contributed by atoms with Gasteiger partial charge in [-0.3, -0.25) is 4.79 Å². The first kappa shape index (κ1) is 15.2.